The highest BCUT2D eigenvalue weighted by Gasteiger charge is 2.12. The molecular formula is C11H14F2O4. The van der Waals surface area contributed by atoms with Gasteiger partial charge in [0.2, 0.25) is 0 Å². The van der Waals surface area contributed by atoms with Crippen LogP contribution in [0.4, 0.5) is 8.78 Å². The van der Waals surface area contributed by atoms with Gasteiger partial charge in [-0.05, 0) is 17.7 Å². The third-order valence-electron chi connectivity index (χ3n) is 1.95. The minimum Gasteiger partial charge on any atom is -0.485 e. The quantitative estimate of drug-likeness (QED) is 0.702. The van der Waals surface area contributed by atoms with Gasteiger partial charge < -0.3 is 19.7 Å². The van der Waals surface area contributed by atoms with E-state index in [1.165, 1.54) is 0 Å². The number of benzene rings is 1. The SMILES string of the molecule is OCCOCCOc1c(F)cc(CO)cc1F. The van der Waals surface area contributed by atoms with Crippen molar-refractivity contribution in [2.45, 2.75) is 6.61 Å². The zero-order chi connectivity index (χ0) is 12.7. The minimum atomic E-state index is -0.865. The van der Waals surface area contributed by atoms with Crippen molar-refractivity contribution < 1.29 is 28.5 Å². The Morgan fingerprint density at radius 1 is 1.00 bits per heavy atom. The Bertz CT molecular complexity index is 334. The first kappa shape index (κ1) is 13.8. The normalized spacial score (nSPS) is 10.6. The van der Waals surface area contributed by atoms with Crippen LogP contribution in [0.5, 0.6) is 5.75 Å². The average molecular weight is 248 g/mol. The van der Waals surface area contributed by atoms with Gasteiger partial charge in [0.25, 0.3) is 0 Å². The molecule has 0 radical (unpaired) electrons. The van der Waals surface area contributed by atoms with Gasteiger partial charge >= 0.3 is 0 Å². The van der Waals surface area contributed by atoms with Gasteiger partial charge in [0.05, 0.1) is 26.4 Å². The van der Waals surface area contributed by atoms with E-state index in [0.717, 1.165) is 12.1 Å². The van der Waals surface area contributed by atoms with Crippen molar-refractivity contribution in [3.05, 3.63) is 29.3 Å². The first-order valence-corrected chi connectivity index (χ1v) is 5.09. The number of ether oxygens (including phenoxy) is 2. The van der Waals surface area contributed by atoms with E-state index >= 15 is 0 Å². The second kappa shape index (κ2) is 7.16. The van der Waals surface area contributed by atoms with Crippen LogP contribution in [-0.2, 0) is 11.3 Å². The van der Waals surface area contributed by atoms with Crippen molar-refractivity contribution in [1.29, 1.82) is 0 Å². The van der Waals surface area contributed by atoms with Gasteiger partial charge in [-0.25, -0.2) is 8.78 Å². The Balaban J connectivity index is 2.53. The van der Waals surface area contributed by atoms with Crippen LogP contribution in [0.1, 0.15) is 5.56 Å². The zero-order valence-corrected chi connectivity index (χ0v) is 9.16. The fourth-order valence-electron chi connectivity index (χ4n) is 1.21. The highest BCUT2D eigenvalue weighted by atomic mass is 19.1. The third-order valence-corrected chi connectivity index (χ3v) is 1.95. The van der Waals surface area contributed by atoms with Crippen molar-refractivity contribution in [3.63, 3.8) is 0 Å². The van der Waals surface area contributed by atoms with Crippen LogP contribution in [0, 0.1) is 11.6 Å². The van der Waals surface area contributed by atoms with Crippen molar-refractivity contribution in [2.24, 2.45) is 0 Å². The van der Waals surface area contributed by atoms with Crippen LogP contribution in [-0.4, -0.2) is 36.6 Å². The van der Waals surface area contributed by atoms with Gasteiger partial charge in [-0.2, -0.15) is 0 Å². The van der Waals surface area contributed by atoms with Gasteiger partial charge in [-0.3, -0.25) is 0 Å². The Kier molecular flexibility index (Phi) is 5.82. The minimum absolute atomic E-state index is 0.0215. The first-order chi connectivity index (χ1) is 8.19. The summed E-state index contributed by atoms with van der Waals surface area (Å²) in [6.07, 6.45) is 0. The summed E-state index contributed by atoms with van der Waals surface area (Å²) in [5.41, 5.74) is 0.142. The molecule has 0 saturated carbocycles. The molecule has 1 aromatic carbocycles. The van der Waals surface area contributed by atoms with E-state index in [-0.39, 0.29) is 32.0 Å². The molecule has 2 N–H and O–H groups in total. The monoisotopic (exact) mass is 248 g/mol. The molecule has 0 amide bonds. The number of aliphatic hydroxyl groups is 2. The summed E-state index contributed by atoms with van der Waals surface area (Å²) in [7, 11) is 0. The number of aliphatic hydroxyl groups excluding tert-OH is 2. The molecule has 0 aliphatic rings. The smallest absolute Gasteiger partial charge is 0.190 e. The number of rotatable bonds is 7. The molecule has 0 aliphatic heterocycles. The van der Waals surface area contributed by atoms with Crippen molar-refractivity contribution in [2.75, 3.05) is 26.4 Å². The van der Waals surface area contributed by atoms with Crippen LogP contribution < -0.4 is 4.74 Å². The highest BCUT2D eigenvalue weighted by molar-refractivity contribution is 5.31. The van der Waals surface area contributed by atoms with E-state index in [0.29, 0.717) is 0 Å². The van der Waals surface area contributed by atoms with Gasteiger partial charge in [-0.1, -0.05) is 0 Å². The lowest BCUT2D eigenvalue weighted by Crippen LogP contribution is -2.10. The topological polar surface area (TPSA) is 58.9 Å². The lowest BCUT2D eigenvalue weighted by atomic mass is 10.2. The number of hydrogen-bond donors (Lipinski definition) is 2. The summed E-state index contributed by atoms with van der Waals surface area (Å²) in [4.78, 5) is 0. The molecule has 4 nitrogen and oxygen atoms in total. The number of hydrogen-bond acceptors (Lipinski definition) is 4. The number of halogens is 2. The summed E-state index contributed by atoms with van der Waals surface area (Å²) in [6.45, 7) is -0.299. The van der Waals surface area contributed by atoms with Crippen molar-refractivity contribution in [1.82, 2.24) is 0 Å². The lowest BCUT2D eigenvalue weighted by Gasteiger charge is -2.09. The fourth-order valence-corrected chi connectivity index (χ4v) is 1.21. The Labute approximate surface area is 97.4 Å². The fraction of sp³-hybridized carbons (Fsp3) is 0.455. The van der Waals surface area contributed by atoms with Crippen LogP contribution in [0.2, 0.25) is 0 Å². The molecule has 6 heteroatoms. The maximum Gasteiger partial charge on any atom is 0.190 e. The molecular weight excluding hydrogens is 234 g/mol. The van der Waals surface area contributed by atoms with E-state index in [2.05, 4.69) is 0 Å². The maximum absolute atomic E-state index is 13.3. The molecule has 0 unspecified atom stereocenters. The Morgan fingerprint density at radius 2 is 1.65 bits per heavy atom. The predicted molar refractivity (Wildman–Crippen MR) is 55.7 cm³/mol. The van der Waals surface area contributed by atoms with Crippen LogP contribution in [0.3, 0.4) is 0 Å². The first-order valence-electron chi connectivity index (χ1n) is 5.09. The van der Waals surface area contributed by atoms with Crippen molar-refractivity contribution >= 4 is 0 Å². The molecule has 0 spiro atoms. The van der Waals surface area contributed by atoms with E-state index in [1.807, 2.05) is 0 Å². The summed E-state index contributed by atoms with van der Waals surface area (Å²) in [5, 5.41) is 17.2. The second-order valence-corrected chi connectivity index (χ2v) is 3.23. The van der Waals surface area contributed by atoms with Gasteiger partial charge in [0, 0.05) is 0 Å². The molecule has 0 aromatic heterocycles. The van der Waals surface area contributed by atoms with Gasteiger partial charge in [0.15, 0.2) is 17.4 Å². The predicted octanol–water partition coefficient (Wildman–Crippen LogP) is 0.845. The molecule has 1 aromatic rings. The van der Waals surface area contributed by atoms with Crippen LogP contribution >= 0.6 is 0 Å². The molecule has 17 heavy (non-hydrogen) atoms. The maximum atomic E-state index is 13.3. The third kappa shape index (κ3) is 4.26. The summed E-state index contributed by atoms with van der Waals surface area (Å²) < 4.78 is 36.4. The van der Waals surface area contributed by atoms with E-state index in [1.54, 1.807) is 0 Å². The van der Waals surface area contributed by atoms with E-state index in [4.69, 9.17) is 19.7 Å². The lowest BCUT2D eigenvalue weighted by molar-refractivity contribution is 0.0686. The van der Waals surface area contributed by atoms with Gasteiger partial charge in [-0.15, -0.1) is 0 Å². The summed E-state index contributed by atoms with van der Waals surface area (Å²) >= 11 is 0. The zero-order valence-electron chi connectivity index (χ0n) is 9.16. The molecule has 0 fully saturated rings. The summed E-state index contributed by atoms with van der Waals surface area (Å²) in [6, 6.07) is 2.01. The van der Waals surface area contributed by atoms with Crippen LogP contribution in [0.15, 0.2) is 12.1 Å². The molecule has 0 atom stereocenters. The summed E-state index contributed by atoms with van der Waals surface area (Å²) in [5.74, 6) is -2.22. The standard InChI is InChI=1S/C11H14F2O4/c12-9-5-8(7-15)6-10(13)11(9)17-4-3-16-2-1-14/h5-6,14-15H,1-4,7H2. The molecule has 0 saturated heterocycles. The molecule has 0 bridgehead atoms. The van der Waals surface area contributed by atoms with E-state index in [9.17, 15) is 8.78 Å². The van der Waals surface area contributed by atoms with Gasteiger partial charge in [0.1, 0.15) is 6.61 Å². The van der Waals surface area contributed by atoms with Crippen molar-refractivity contribution in [3.8, 4) is 5.75 Å². The average Bonchev–Trinajstić information content (AvgIpc) is 2.31. The molecule has 0 aliphatic carbocycles. The largest absolute Gasteiger partial charge is 0.485 e. The molecule has 96 valence electrons. The second-order valence-electron chi connectivity index (χ2n) is 3.23. The van der Waals surface area contributed by atoms with E-state index < -0.39 is 24.0 Å². The van der Waals surface area contributed by atoms with Crippen LogP contribution in [0.25, 0.3) is 0 Å². The highest BCUT2D eigenvalue weighted by Crippen LogP contribution is 2.23. The Hall–Kier alpha value is -1.24. The Morgan fingerprint density at radius 3 is 2.18 bits per heavy atom. The molecule has 1 rings (SSSR count). The molecule has 0 heterocycles.